The van der Waals surface area contributed by atoms with Gasteiger partial charge in [-0.25, -0.2) is 4.39 Å². The van der Waals surface area contributed by atoms with E-state index in [0.717, 1.165) is 12.0 Å². The van der Waals surface area contributed by atoms with E-state index < -0.39 is 0 Å². The molecule has 1 amide bonds. The van der Waals surface area contributed by atoms with E-state index in [1.807, 2.05) is 13.0 Å². The van der Waals surface area contributed by atoms with Gasteiger partial charge in [0.25, 0.3) is 0 Å². The minimum Gasteiger partial charge on any atom is -0.324 e. The summed E-state index contributed by atoms with van der Waals surface area (Å²) < 4.78 is 14.0. The standard InChI is InChI=1S/C14H19FN2O/c1-4-7(2)12(16)9-5-10-8(3)14(18)17-13(10)11(15)6-9/h5-8,12H,4,16H2,1-3H3,(H,17,18). The zero-order chi connectivity index (χ0) is 13.4. The van der Waals surface area contributed by atoms with Crippen molar-refractivity contribution in [2.75, 3.05) is 5.32 Å². The largest absolute Gasteiger partial charge is 0.324 e. The molecule has 1 aliphatic rings. The summed E-state index contributed by atoms with van der Waals surface area (Å²) in [5.74, 6) is -0.571. The van der Waals surface area contributed by atoms with Gasteiger partial charge in [-0.3, -0.25) is 4.79 Å². The Hall–Kier alpha value is -1.42. The number of hydrogen-bond donors (Lipinski definition) is 2. The summed E-state index contributed by atoms with van der Waals surface area (Å²) in [7, 11) is 0. The topological polar surface area (TPSA) is 55.1 Å². The third-order valence-corrected chi connectivity index (χ3v) is 3.89. The first-order chi connectivity index (χ1) is 8.45. The molecule has 18 heavy (non-hydrogen) atoms. The number of anilines is 1. The van der Waals surface area contributed by atoms with Crippen LogP contribution in [0.4, 0.5) is 10.1 Å². The van der Waals surface area contributed by atoms with E-state index in [-0.39, 0.29) is 29.6 Å². The predicted octanol–water partition coefficient (Wildman–Crippen LogP) is 2.93. The van der Waals surface area contributed by atoms with Crippen LogP contribution >= 0.6 is 0 Å². The molecule has 4 heteroatoms. The Kier molecular flexibility index (Phi) is 3.39. The molecule has 0 aromatic heterocycles. The number of halogens is 1. The van der Waals surface area contributed by atoms with Crippen LogP contribution in [0.5, 0.6) is 0 Å². The van der Waals surface area contributed by atoms with Crippen molar-refractivity contribution in [2.45, 2.75) is 39.2 Å². The first kappa shape index (κ1) is 13.0. The van der Waals surface area contributed by atoms with Crippen LogP contribution in [0.3, 0.4) is 0 Å². The summed E-state index contributed by atoms with van der Waals surface area (Å²) in [6.45, 7) is 5.88. The first-order valence-corrected chi connectivity index (χ1v) is 6.35. The predicted molar refractivity (Wildman–Crippen MR) is 69.8 cm³/mol. The highest BCUT2D eigenvalue weighted by atomic mass is 19.1. The average Bonchev–Trinajstić information content (AvgIpc) is 2.65. The molecular formula is C14H19FN2O. The highest BCUT2D eigenvalue weighted by Gasteiger charge is 2.30. The minimum absolute atomic E-state index is 0.154. The van der Waals surface area contributed by atoms with Crippen LogP contribution in [0.25, 0.3) is 0 Å². The lowest BCUT2D eigenvalue weighted by atomic mass is 9.90. The zero-order valence-corrected chi connectivity index (χ0v) is 11.0. The fourth-order valence-electron chi connectivity index (χ4n) is 2.27. The Labute approximate surface area is 107 Å². The number of amides is 1. The van der Waals surface area contributed by atoms with Crippen LogP contribution in [0.1, 0.15) is 50.3 Å². The second-order valence-electron chi connectivity index (χ2n) is 5.09. The number of rotatable bonds is 3. The summed E-state index contributed by atoms with van der Waals surface area (Å²) in [4.78, 5) is 11.5. The van der Waals surface area contributed by atoms with Gasteiger partial charge in [0.1, 0.15) is 5.82 Å². The van der Waals surface area contributed by atoms with Crippen LogP contribution < -0.4 is 11.1 Å². The second-order valence-corrected chi connectivity index (χ2v) is 5.09. The quantitative estimate of drug-likeness (QED) is 0.866. The summed E-state index contributed by atoms with van der Waals surface area (Å²) in [5.41, 5.74) is 7.92. The normalized spacial score (nSPS) is 21.4. The molecule has 1 heterocycles. The molecule has 0 fully saturated rings. The Bertz CT molecular complexity index is 487. The molecular weight excluding hydrogens is 231 g/mol. The van der Waals surface area contributed by atoms with E-state index in [1.54, 1.807) is 6.92 Å². The monoisotopic (exact) mass is 250 g/mol. The number of carbonyl (C=O) groups is 1. The van der Waals surface area contributed by atoms with Gasteiger partial charge in [0.05, 0.1) is 11.6 Å². The lowest BCUT2D eigenvalue weighted by Crippen LogP contribution is -2.19. The third kappa shape index (κ3) is 2.01. The van der Waals surface area contributed by atoms with Crippen molar-refractivity contribution in [3.8, 4) is 0 Å². The van der Waals surface area contributed by atoms with Crippen LogP contribution in [0, 0.1) is 11.7 Å². The SMILES string of the molecule is CCC(C)C(N)c1cc(F)c2c(c1)C(C)C(=O)N2. The van der Waals surface area contributed by atoms with Crippen molar-refractivity contribution in [3.05, 3.63) is 29.1 Å². The molecule has 0 radical (unpaired) electrons. The highest BCUT2D eigenvalue weighted by molar-refractivity contribution is 6.02. The maximum atomic E-state index is 14.0. The molecule has 98 valence electrons. The summed E-state index contributed by atoms with van der Waals surface area (Å²) in [5, 5.41) is 2.57. The fourth-order valence-corrected chi connectivity index (χ4v) is 2.27. The average molecular weight is 250 g/mol. The second kappa shape index (κ2) is 4.69. The Morgan fingerprint density at radius 1 is 1.50 bits per heavy atom. The molecule has 0 aliphatic carbocycles. The van der Waals surface area contributed by atoms with Gasteiger partial charge in [-0.2, -0.15) is 0 Å². The smallest absolute Gasteiger partial charge is 0.231 e. The van der Waals surface area contributed by atoms with Crippen molar-refractivity contribution in [1.82, 2.24) is 0 Å². The molecule has 3 unspecified atom stereocenters. The lowest BCUT2D eigenvalue weighted by Gasteiger charge is -2.20. The zero-order valence-electron chi connectivity index (χ0n) is 11.0. The molecule has 1 aliphatic heterocycles. The molecule has 3 nitrogen and oxygen atoms in total. The summed E-state index contributed by atoms with van der Waals surface area (Å²) >= 11 is 0. The van der Waals surface area contributed by atoms with E-state index in [0.29, 0.717) is 11.3 Å². The molecule has 0 saturated carbocycles. The van der Waals surface area contributed by atoms with Gasteiger partial charge in [-0.15, -0.1) is 0 Å². The van der Waals surface area contributed by atoms with Gasteiger partial charge in [0.15, 0.2) is 0 Å². The van der Waals surface area contributed by atoms with Crippen molar-refractivity contribution in [3.63, 3.8) is 0 Å². The number of fused-ring (bicyclic) bond motifs is 1. The fraction of sp³-hybridized carbons (Fsp3) is 0.500. The van der Waals surface area contributed by atoms with Gasteiger partial charge in [0, 0.05) is 6.04 Å². The molecule has 2 rings (SSSR count). The number of carbonyl (C=O) groups excluding carboxylic acids is 1. The van der Waals surface area contributed by atoms with Crippen LogP contribution in [-0.4, -0.2) is 5.91 Å². The van der Waals surface area contributed by atoms with Crippen LogP contribution in [0.2, 0.25) is 0 Å². The molecule has 0 spiro atoms. The Balaban J connectivity index is 2.43. The van der Waals surface area contributed by atoms with Gasteiger partial charge in [0.2, 0.25) is 5.91 Å². The van der Waals surface area contributed by atoms with E-state index >= 15 is 0 Å². The van der Waals surface area contributed by atoms with Gasteiger partial charge in [-0.05, 0) is 30.0 Å². The number of benzene rings is 1. The number of hydrogen-bond acceptors (Lipinski definition) is 2. The summed E-state index contributed by atoms with van der Waals surface area (Å²) in [6, 6.07) is 3.10. The first-order valence-electron chi connectivity index (χ1n) is 6.35. The molecule has 1 aromatic rings. The van der Waals surface area contributed by atoms with Crippen molar-refractivity contribution < 1.29 is 9.18 Å². The van der Waals surface area contributed by atoms with Gasteiger partial charge in [-0.1, -0.05) is 26.3 Å². The Morgan fingerprint density at radius 2 is 2.17 bits per heavy atom. The molecule has 3 atom stereocenters. The van der Waals surface area contributed by atoms with E-state index in [2.05, 4.69) is 12.2 Å². The molecule has 3 N–H and O–H groups in total. The lowest BCUT2D eigenvalue weighted by molar-refractivity contribution is -0.116. The van der Waals surface area contributed by atoms with Crippen LogP contribution in [0.15, 0.2) is 12.1 Å². The van der Waals surface area contributed by atoms with Crippen LogP contribution in [-0.2, 0) is 4.79 Å². The van der Waals surface area contributed by atoms with Crippen molar-refractivity contribution in [1.29, 1.82) is 0 Å². The van der Waals surface area contributed by atoms with Crippen molar-refractivity contribution >= 4 is 11.6 Å². The Morgan fingerprint density at radius 3 is 2.78 bits per heavy atom. The van der Waals surface area contributed by atoms with Crippen molar-refractivity contribution in [2.24, 2.45) is 11.7 Å². The minimum atomic E-state index is -0.390. The number of nitrogens with one attached hydrogen (secondary N) is 1. The maximum Gasteiger partial charge on any atom is 0.231 e. The summed E-state index contributed by atoms with van der Waals surface area (Å²) in [6.07, 6.45) is 0.937. The van der Waals surface area contributed by atoms with Gasteiger partial charge >= 0.3 is 0 Å². The van der Waals surface area contributed by atoms with E-state index in [1.165, 1.54) is 6.07 Å². The van der Waals surface area contributed by atoms with E-state index in [4.69, 9.17) is 5.73 Å². The van der Waals surface area contributed by atoms with E-state index in [9.17, 15) is 9.18 Å². The van der Waals surface area contributed by atoms with Gasteiger partial charge < -0.3 is 11.1 Å². The molecule has 1 aromatic carbocycles. The highest BCUT2D eigenvalue weighted by Crippen LogP contribution is 2.37. The third-order valence-electron chi connectivity index (χ3n) is 3.89. The number of nitrogens with two attached hydrogens (primary N) is 1. The molecule has 0 bridgehead atoms. The molecule has 0 saturated heterocycles. The maximum absolute atomic E-state index is 14.0.